The largest absolute Gasteiger partial charge is 0.254 e. The standard InChI is InChI=1S/C9H10BrN5S/c1-5(2)8-13-6(10)3-7(14-8)16-9-11-4-12-15-9/h3-5H,1-2H3,(H,11,12,15). The second kappa shape index (κ2) is 4.92. The lowest BCUT2D eigenvalue weighted by Crippen LogP contribution is -1.98. The zero-order chi connectivity index (χ0) is 11.5. The molecular weight excluding hydrogens is 290 g/mol. The zero-order valence-electron chi connectivity index (χ0n) is 8.81. The van der Waals surface area contributed by atoms with Crippen molar-refractivity contribution in [3.05, 3.63) is 22.8 Å². The van der Waals surface area contributed by atoms with E-state index in [1.165, 1.54) is 18.1 Å². The molecule has 0 amide bonds. The molecular formula is C9H10BrN5S. The van der Waals surface area contributed by atoms with Gasteiger partial charge in [-0.05, 0) is 27.7 Å². The molecule has 0 fully saturated rings. The lowest BCUT2D eigenvalue weighted by atomic mass is 10.2. The van der Waals surface area contributed by atoms with E-state index < -0.39 is 0 Å². The molecule has 2 aromatic rings. The van der Waals surface area contributed by atoms with Crippen LogP contribution in [0.15, 0.2) is 27.2 Å². The molecule has 0 radical (unpaired) electrons. The average molecular weight is 300 g/mol. The molecule has 0 aliphatic rings. The molecule has 0 saturated carbocycles. The lowest BCUT2D eigenvalue weighted by Gasteiger charge is -2.05. The molecule has 5 nitrogen and oxygen atoms in total. The summed E-state index contributed by atoms with van der Waals surface area (Å²) in [7, 11) is 0. The first kappa shape index (κ1) is 11.5. The summed E-state index contributed by atoms with van der Waals surface area (Å²) in [6.45, 7) is 4.12. The Morgan fingerprint density at radius 2 is 2.19 bits per heavy atom. The molecule has 0 spiro atoms. The van der Waals surface area contributed by atoms with Crippen molar-refractivity contribution in [3.8, 4) is 0 Å². The quantitative estimate of drug-likeness (QED) is 0.883. The number of hydrogen-bond acceptors (Lipinski definition) is 5. The van der Waals surface area contributed by atoms with Crippen LogP contribution in [0, 0.1) is 0 Å². The summed E-state index contributed by atoms with van der Waals surface area (Å²) in [4.78, 5) is 12.8. The molecule has 2 aromatic heterocycles. The molecule has 0 aliphatic heterocycles. The van der Waals surface area contributed by atoms with Crippen LogP contribution in [-0.4, -0.2) is 25.1 Å². The second-order valence-electron chi connectivity index (χ2n) is 3.43. The van der Waals surface area contributed by atoms with Gasteiger partial charge in [0, 0.05) is 12.0 Å². The van der Waals surface area contributed by atoms with Crippen molar-refractivity contribution in [1.82, 2.24) is 25.1 Å². The fourth-order valence-electron chi connectivity index (χ4n) is 1.07. The van der Waals surface area contributed by atoms with Crippen LogP contribution in [0.2, 0.25) is 0 Å². The minimum Gasteiger partial charge on any atom is -0.254 e. The highest BCUT2D eigenvalue weighted by atomic mass is 79.9. The fraction of sp³-hybridized carbons (Fsp3) is 0.333. The third-order valence-electron chi connectivity index (χ3n) is 1.80. The first-order valence-electron chi connectivity index (χ1n) is 4.73. The van der Waals surface area contributed by atoms with Gasteiger partial charge in [0.25, 0.3) is 0 Å². The normalized spacial score (nSPS) is 11.0. The van der Waals surface area contributed by atoms with E-state index in [1.807, 2.05) is 6.07 Å². The first-order valence-corrected chi connectivity index (χ1v) is 6.34. The van der Waals surface area contributed by atoms with Crippen LogP contribution in [-0.2, 0) is 0 Å². The first-order chi connectivity index (χ1) is 7.65. The van der Waals surface area contributed by atoms with Crippen LogP contribution < -0.4 is 0 Å². The van der Waals surface area contributed by atoms with Gasteiger partial charge in [-0.1, -0.05) is 13.8 Å². The number of aromatic amines is 1. The van der Waals surface area contributed by atoms with E-state index in [-0.39, 0.29) is 0 Å². The van der Waals surface area contributed by atoms with Gasteiger partial charge in [0.1, 0.15) is 21.8 Å². The number of H-pyrrole nitrogens is 1. The van der Waals surface area contributed by atoms with E-state index in [2.05, 4.69) is 54.9 Å². The summed E-state index contributed by atoms with van der Waals surface area (Å²) >= 11 is 4.80. The Morgan fingerprint density at radius 3 is 2.81 bits per heavy atom. The summed E-state index contributed by atoms with van der Waals surface area (Å²) in [5.41, 5.74) is 0. The van der Waals surface area contributed by atoms with Crippen LogP contribution in [0.5, 0.6) is 0 Å². The van der Waals surface area contributed by atoms with Gasteiger partial charge in [0.05, 0.1) is 0 Å². The van der Waals surface area contributed by atoms with Gasteiger partial charge in [-0.2, -0.15) is 5.10 Å². The van der Waals surface area contributed by atoms with Gasteiger partial charge in [-0.3, -0.25) is 5.10 Å². The van der Waals surface area contributed by atoms with E-state index in [1.54, 1.807) is 0 Å². The Bertz CT molecular complexity index is 471. The highest BCUT2D eigenvalue weighted by molar-refractivity contribution is 9.10. The van der Waals surface area contributed by atoms with Crippen molar-refractivity contribution in [3.63, 3.8) is 0 Å². The maximum Gasteiger partial charge on any atom is 0.189 e. The molecule has 0 atom stereocenters. The molecule has 7 heteroatoms. The number of halogens is 1. The molecule has 0 aromatic carbocycles. The molecule has 1 N–H and O–H groups in total. The summed E-state index contributed by atoms with van der Waals surface area (Å²) < 4.78 is 0.785. The van der Waals surface area contributed by atoms with Crippen molar-refractivity contribution < 1.29 is 0 Å². The summed E-state index contributed by atoms with van der Waals surface area (Å²) in [6, 6.07) is 1.86. The van der Waals surface area contributed by atoms with E-state index in [0.717, 1.165) is 20.6 Å². The predicted octanol–water partition coefficient (Wildman–Crippen LogP) is 2.63. The smallest absolute Gasteiger partial charge is 0.189 e. The molecule has 0 saturated heterocycles. The number of hydrogen-bond donors (Lipinski definition) is 1. The summed E-state index contributed by atoms with van der Waals surface area (Å²) in [6.07, 6.45) is 1.47. The molecule has 0 bridgehead atoms. The van der Waals surface area contributed by atoms with Gasteiger partial charge >= 0.3 is 0 Å². The fourth-order valence-corrected chi connectivity index (χ4v) is 2.32. The van der Waals surface area contributed by atoms with E-state index in [9.17, 15) is 0 Å². The van der Waals surface area contributed by atoms with Crippen LogP contribution in [0.3, 0.4) is 0 Å². The minimum absolute atomic E-state index is 0.298. The third kappa shape index (κ3) is 2.79. The van der Waals surface area contributed by atoms with E-state index in [0.29, 0.717) is 5.92 Å². The van der Waals surface area contributed by atoms with Crippen LogP contribution in [0.1, 0.15) is 25.6 Å². The zero-order valence-corrected chi connectivity index (χ0v) is 11.2. The number of nitrogens with one attached hydrogen (secondary N) is 1. The molecule has 0 aliphatic carbocycles. The predicted molar refractivity (Wildman–Crippen MR) is 64.3 cm³/mol. The van der Waals surface area contributed by atoms with Crippen LogP contribution in [0.25, 0.3) is 0 Å². The molecule has 2 heterocycles. The Kier molecular flexibility index (Phi) is 3.55. The maximum absolute atomic E-state index is 4.44. The third-order valence-corrected chi connectivity index (χ3v) is 3.01. The highest BCUT2D eigenvalue weighted by Crippen LogP contribution is 2.25. The summed E-state index contributed by atoms with van der Waals surface area (Å²) in [5, 5.41) is 8.14. The van der Waals surface area contributed by atoms with Crippen molar-refractivity contribution in [2.24, 2.45) is 0 Å². The highest BCUT2D eigenvalue weighted by Gasteiger charge is 2.08. The van der Waals surface area contributed by atoms with E-state index in [4.69, 9.17) is 0 Å². The van der Waals surface area contributed by atoms with Crippen molar-refractivity contribution in [1.29, 1.82) is 0 Å². The monoisotopic (exact) mass is 299 g/mol. The number of nitrogens with zero attached hydrogens (tertiary/aromatic N) is 4. The topological polar surface area (TPSA) is 67.3 Å². The van der Waals surface area contributed by atoms with Crippen LogP contribution in [0.4, 0.5) is 0 Å². The summed E-state index contributed by atoms with van der Waals surface area (Å²) in [5.74, 6) is 1.11. The molecule has 0 unspecified atom stereocenters. The maximum atomic E-state index is 4.44. The van der Waals surface area contributed by atoms with Gasteiger partial charge < -0.3 is 0 Å². The Labute approximate surface area is 106 Å². The SMILES string of the molecule is CC(C)c1nc(Br)cc(Sc2ncn[nH]2)n1. The van der Waals surface area contributed by atoms with Crippen LogP contribution >= 0.6 is 27.7 Å². The van der Waals surface area contributed by atoms with Gasteiger partial charge in [-0.25, -0.2) is 15.0 Å². The number of rotatable bonds is 3. The Hall–Kier alpha value is -0.950. The van der Waals surface area contributed by atoms with E-state index >= 15 is 0 Å². The number of aromatic nitrogens is 5. The van der Waals surface area contributed by atoms with Gasteiger partial charge in [-0.15, -0.1) is 0 Å². The second-order valence-corrected chi connectivity index (χ2v) is 5.26. The lowest BCUT2D eigenvalue weighted by molar-refractivity contribution is 0.747. The molecule has 2 rings (SSSR count). The Morgan fingerprint density at radius 1 is 1.38 bits per heavy atom. The van der Waals surface area contributed by atoms with Crippen molar-refractivity contribution in [2.45, 2.75) is 29.9 Å². The minimum atomic E-state index is 0.298. The van der Waals surface area contributed by atoms with Gasteiger partial charge in [0.2, 0.25) is 0 Å². The average Bonchev–Trinajstić information content (AvgIpc) is 2.69. The van der Waals surface area contributed by atoms with Crippen molar-refractivity contribution >= 4 is 27.7 Å². The Balaban J connectivity index is 2.27. The van der Waals surface area contributed by atoms with Crippen molar-refractivity contribution in [2.75, 3.05) is 0 Å². The molecule has 16 heavy (non-hydrogen) atoms. The molecule has 84 valence electrons. The van der Waals surface area contributed by atoms with Gasteiger partial charge in [0.15, 0.2) is 5.16 Å².